The highest BCUT2D eigenvalue weighted by Gasteiger charge is 2.28. The number of nitrogens with zero attached hydrogens (tertiary/aromatic N) is 1. The monoisotopic (exact) mass is 601 g/mol. The van der Waals surface area contributed by atoms with Gasteiger partial charge in [-0.05, 0) is 37.0 Å². The highest BCUT2D eigenvalue weighted by molar-refractivity contribution is 6.13. The Labute approximate surface area is 246 Å². The molecule has 43 heavy (non-hydrogen) atoms. The van der Waals surface area contributed by atoms with Crippen LogP contribution in [0.4, 0.5) is 10.5 Å². The van der Waals surface area contributed by atoms with Crippen LogP contribution in [-0.4, -0.2) is 77.5 Å². The maximum Gasteiger partial charge on any atom is 0.312 e. The van der Waals surface area contributed by atoms with Gasteiger partial charge in [0.2, 0.25) is 23.6 Å². The fraction of sp³-hybridized carbons (Fsp3) is 0.407. The highest BCUT2D eigenvalue weighted by atomic mass is 16.5. The van der Waals surface area contributed by atoms with Gasteiger partial charge in [-0.25, -0.2) is 4.79 Å². The van der Waals surface area contributed by atoms with E-state index >= 15 is 0 Å². The molecule has 16 heteroatoms. The third-order valence-electron chi connectivity index (χ3n) is 6.06. The second-order valence-electron chi connectivity index (χ2n) is 9.50. The summed E-state index contributed by atoms with van der Waals surface area (Å²) in [4.78, 5) is 96.7. The maximum atomic E-state index is 13.2. The van der Waals surface area contributed by atoms with Crippen LogP contribution in [0, 0.1) is 0 Å². The topological polar surface area (TPSA) is 249 Å². The largest absolute Gasteiger partial charge is 0.461 e. The van der Waals surface area contributed by atoms with E-state index in [9.17, 15) is 38.4 Å². The van der Waals surface area contributed by atoms with Crippen LogP contribution in [0.15, 0.2) is 36.4 Å². The molecule has 1 aliphatic rings. The Morgan fingerprint density at radius 3 is 2.07 bits per heavy atom. The van der Waals surface area contributed by atoms with Gasteiger partial charge in [0.05, 0.1) is 0 Å². The summed E-state index contributed by atoms with van der Waals surface area (Å²) in [6.45, 7) is 1.22. The van der Waals surface area contributed by atoms with Gasteiger partial charge in [-0.1, -0.05) is 12.1 Å². The summed E-state index contributed by atoms with van der Waals surface area (Å²) in [5, 5.41) is 10.1. The van der Waals surface area contributed by atoms with Crippen molar-refractivity contribution in [2.75, 3.05) is 18.4 Å². The zero-order chi connectivity index (χ0) is 31.9. The summed E-state index contributed by atoms with van der Waals surface area (Å²) >= 11 is 0. The van der Waals surface area contributed by atoms with Crippen LogP contribution in [0.5, 0.6) is 0 Å². The summed E-state index contributed by atoms with van der Waals surface area (Å²) in [5.41, 5.74) is 11.4. The van der Waals surface area contributed by atoms with Crippen LogP contribution in [0.25, 0.3) is 0 Å². The van der Waals surface area contributed by atoms with Crippen molar-refractivity contribution in [2.24, 2.45) is 11.5 Å². The first-order chi connectivity index (χ1) is 20.3. The van der Waals surface area contributed by atoms with Crippen molar-refractivity contribution in [3.63, 3.8) is 0 Å². The standard InChI is InChI=1S/C27H35N7O9/c1-16(35)43-15-17-4-6-18(7-5-17)31-25(40)19(3-2-13-30-27(29)42)33-26(41)20(8-9-21(28)36)32-22(37)12-14-34-23(38)10-11-24(34)39/h4-7,10-11,19-20H,2-3,8-9,12-15H2,1H3,(H2,28,36)(H,31,40)(H,32,37)(H,33,41)(H3,29,30,42)/t19-,20-/m0/s1. The normalized spacial score (nSPS) is 13.6. The first-order valence-corrected chi connectivity index (χ1v) is 13.3. The first-order valence-electron chi connectivity index (χ1n) is 13.3. The molecule has 0 radical (unpaired) electrons. The van der Waals surface area contributed by atoms with E-state index in [4.69, 9.17) is 16.2 Å². The molecular formula is C27H35N7O9. The number of hydrogen-bond acceptors (Lipinski definition) is 9. The second-order valence-corrected chi connectivity index (χ2v) is 9.50. The molecule has 16 nitrogen and oxygen atoms in total. The Kier molecular flexibility index (Phi) is 13.3. The minimum atomic E-state index is -1.28. The van der Waals surface area contributed by atoms with E-state index in [1.165, 1.54) is 6.92 Å². The molecule has 0 saturated carbocycles. The van der Waals surface area contributed by atoms with Crippen LogP contribution in [0.3, 0.4) is 0 Å². The molecule has 0 fully saturated rings. The number of rotatable bonds is 17. The molecule has 0 saturated heterocycles. The fourth-order valence-electron chi connectivity index (χ4n) is 3.84. The predicted octanol–water partition coefficient (Wildman–Crippen LogP) is -1.31. The highest BCUT2D eigenvalue weighted by Crippen LogP contribution is 2.13. The average Bonchev–Trinajstić information content (AvgIpc) is 3.27. The number of benzene rings is 1. The Morgan fingerprint density at radius 1 is 0.860 bits per heavy atom. The van der Waals surface area contributed by atoms with E-state index in [0.29, 0.717) is 11.3 Å². The van der Waals surface area contributed by atoms with E-state index in [-0.39, 0.29) is 51.8 Å². The van der Waals surface area contributed by atoms with Crippen LogP contribution >= 0.6 is 0 Å². The van der Waals surface area contributed by atoms with Crippen molar-refractivity contribution in [2.45, 2.75) is 57.7 Å². The average molecular weight is 602 g/mol. The van der Waals surface area contributed by atoms with Gasteiger partial charge in [0.15, 0.2) is 0 Å². The van der Waals surface area contributed by atoms with Crippen molar-refractivity contribution in [1.82, 2.24) is 20.9 Å². The molecule has 2 rings (SSSR count). The summed E-state index contributed by atoms with van der Waals surface area (Å²) in [7, 11) is 0. The smallest absolute Gasteiger partial charge is 0.312 e. The molecular weight excluding hydrogens is 566 g/mol. The van der Waals surface area contributed by atoms with Gasteiger partial charge in [0.25, 0.3) is 11.8 Å². The maximum absolute atomic E-state index is 13.2. The quantitative estimate of drug-likeness (QED) is 0.0703. The molecule has 1 heterocycles. The number of carbonyl (C=O) groups is 8. The van der Waals surface area contributed by atoms with Gasteiger partial charge in [-0.3, -0.25) is 38.5 Å². The Balaban J connectivity index is 2.09. The predicted molar refractivity (Wildman–Crippen MR) is 150 cm³/mol. The van der Waals surface area contributed by atoms with Gasteiger partial charge in [-0.15, -0.1) is 0 Å². The molecule has 1 aromatic carbocycles. The second kappa shape index (κ2) is 16.9. The van der Waals surface area contributed by atoms with Crippen molar-refractivity contribution in [3.05, 3.63) is 42.0 Å². The zero-order valence-electron chi connectivity index (χ0n) is 23.6. The molecule has 2 atom stereocenters. The number of carbonyl (C=O) groups excluding carboxylic acids is 8. The summed E-state index contributed by atoms with van der Waals surface area (Å²) in [6.07, 6.45) is 1.70. The number of primary amides is 2. The zero-order valence-corrected chi connectivity index (χ0v) is 23.6. The number of imide groups is 1. The lowest BCUT2D eigenvalue weighted by Crippen LogP contribution is -2.53. The first kappa shape index (κ1) is 33.9. The minimum Gasteiger partial charge on any atom is -0.461 e. The molecule has 1 aromatic rings. The number of anilines is 1. The molecule has 0 aromatic heterocycles. The Bertz CT molecular complexity index is 1250. The fourth-order valence-corrected chi connectivity index (χ4v) is 3.84. The van der Waals surface area contributed by atoms with Crippen LogP contribution < -0.4 is 32.7 Å². The molecule has 0 aliphatic carbocycles. The lowest BCUT2D eigenvalue weighted by atomic mass is 10.1. The molecule has 0 bridgehead atoms. The summed E-state index contributed by atoms with van der Waals surface area (Å²) in [6, 6.07) is 3.25. The van der Waals surface area contributed by atoms with Gasteiger partial charge in [-0.2, -0.15) is 0 Å². The molecule has 0 unspecified atom stereocenters. The van der Waals surface area contributed by atoms with Crippen molar-refractivity contribution >= 4 is 53.1 Å². The SMILES string of the molecule is CC(=O)OCc1ccc(NC(=O)[C@H](CCCNC(N)=O)NC(=O)[C@H](CCC(N)=O)NC(=O)CCN2C(=O)C=CC2=O)cc1. The minimum absolute atomic E-state index is 0.0506. The van der Waals surface area contributed by atoms with Crippen LogP contribution in [0.2, 0.25) is 0 Å². The number of amides is 8. The van der Waals surface area contributed by atoms with Crippen molar-refractivity contribution < 1.29 is 43.1 Å². The third kappa shape index (κ3) is 12.4. The lowest BCUT2D eigenvalue weighted by Gasteiger charge is -2.23. The summed E-state index contributed by atoms with van der Waals surface area (Å²) < 4.78 is 4.93. The van der Waals surface area contributed by atoms with E-state index in [1.54, 1.807) is 24.3 Å². The van der Waals surface area contributed by atoms with Gasteiger partial charge in [0.1, 0.15) is 18.7 Å². The van der Waals surface area contributed by atoms with Gasteiger partial charge in [0, 0.05) is 50.7 Å². The van der Waals surface area contributed by atoms with E-state index < -0.39 is 59.5 Å². The number of nitrogens with two attached hydrogens (primary N) is 2. The van der Waals surface area contributed by atoms with Gasteiger partial charge >= 0.3 is 12.0 Å². The Hall–Kier alpha value is -5.28. The summed E-state index contributed by atoms with van der Waals surface area (Å²) in [5.74, 6) is -4.39. The molecule has 232 valence electrons. The molecule has 8 amide bonds. The van der Waals surface area contributed by atoms with E-state index in [1.807, 2.05) is 0 Å². The van der Waals surface area contributed by atoms with Gasteiger partial charge < -0.3 is 37.5 Å². The lowest BCUT2D eigenvalue weighted by molar-refractivity contribution is -0.142. The number of esters is 1. The van der Waals surface area contributed by atoms with E-state index in [2.05, 4.69) is 21.3 Å². The van der Waals surface area contributed by atoms with Crippen LogP contribution in [0.1, 0.15) is 44.6 Å². The molecule has 1 aliphatic heterocycles. The van der Waals surface area contributed by atoms with E-state index in [0.717, 1.165) is 17.1 Å². The number of urea groups is 1. The molecule has 0 spiro atoms. The Morgan fingerprint density at radius 2 is 1.49 bits per heavy atom. The van der Waals surface area contributed by atoms with Crippen LogP contribution in [-0.2, 0) is 44.9 Å². The number of hydrogen-bond donors (Lipinski definition) is 6. The van der Waals surface area contributed by atoms with Crippen molar-refractivity contribution in [3.8, 4) is 0 Å². The number of ether oxygens (including phenoxy) is 1. The number of nitrogens with one attached hydrogen (secondary N) is 4. The third-order valence-corrected chi connectivity index (χ3v) is 6.06. The molecule has 8 N–H and O–H groups in total. The van der Waals surface area contributed by atoms with Crippen molar-refractivity contribution in [1.29, 1.82) is 0 Å².